The van der Waals surface area contributed by atoms with Crippen LogP contribution in [0, 0.1) is 11.8 Å². The molecule has 20 heavy (non-hydrogen) atoms. The molecule has 0 saturated heterocycles. The molecule has 0 amide bonds. The molecule has 1 N–H and O–H groups in total. The fourth-order valence-electron chi connectivity index (χ4n) is 3.10. The number of pyridine rings is 1. The Morgan fingerprint density at radius 1 is 1.20 bits per heavy atom. The smallest absolute Gasteiger partial charge is 0.0737 e. The van der Waals surface area contributed by atoms with Crippen molar-refractivity contribution in [2.45, 2.75) is 19.3 Å². The first-order chi connectivity index (χ1) is 9.78. The van der Waals surface area contributed by atoms with Gasteiger partial charge in [0, 0.05) is 34.7 Å². The zero-order valence-electron chi connectivity index (χ0n) is 11.3. The molecule has 106 valence electrons. The second-order valence-corrected chi connectivity index (χ2v) is 6.25. The molecule has 1 aromatic heterocycles. The van der Waals surface area contributed by atoms with Crippen LogP contribution in [0.4, 0.5) is 5.69 Å². The Kier molecular flexibility index (Phi) is 4.32. The molecule has 1 aliphatic carbocycles. The van der Waals surface area contributed by atoms with Crippen molar-refractivity contribution in [2.24, 2.45) is 11.8 Å². The van der Waals surface area contributed by atoms with Crippen molar-refractivity contribution >= 4 is 39.8 Å². The summed E-state index contributed by atoms with van der Waals surface area (Å²) < 4.78 is 0. The fraction of sp³-hybridized carbons (Fsp3) is 0.438. The van der Waals surface area contributed by atoms with Crippen LogP contribution >= 0.6 is 23.2 Å². The summed E-state index contributed by atoms with van der Waals surface area (Å²) in [4.78, 5) is 4.37. The number of alkyl halides is 1. The number of hydrogen-bond acceptors (Lipinski definition) is 2. The van der Waals surface area contributed by atoms with Crippen LogP contribution in [-0.4, -0.2) is 17.4 Å². The predicted octanol–water partition coefficient (Wildman–Crippen LogP) is 4.96. The molecule has 2 unspecified atom stereocenters. The minimum Gasteiger partial charge on any atom is -0.384 e. The van der Waals surface area contributed by atoms with Crippen molar-refractivity contribution in [3.05, 3.63) is 35.5 Å². The van der Waals surface area contributed by atoms with Crippen molar-refractivity contribution in [1.29, 1.82) is 0 Å². The van der Waals surface area contributed by atoms with Gasteiger partial charge in [-0.1, -0.05) is 18.0 Å². The number of nitrogens with zero attached hydrogens (tertiary/aromatic N) is 1. The van der Waals surface area contributed by atoms with Gasteiger partial charge in [0.25, 0.3) is 0 Å². The van der Waals surface area contributed by atoms with E-state index in [0.717, 1.165) is 34.0 Å². The van der Waals surface area contributed by atoms with E-state index in [1.54, 1.807) is 0 Å². The molecule has 1 aromatic carbocycles. The molecule has 1 heterocycles. The zero-order valence-corrected chi connectivity index (χ0v) is 12.8. The third-order valence-electron chi connectivity index (χ3n) is 4.27. The van der Waals surface area contributed by atoms with Gasteiger partial charge in [-0.05, 0) is 48.9 Å². The van der Waals surface area contributed by atoms with Crippen LogP contribution in [0.25, 0.3) is 10.9 Å². The lowest BCUT2D eigenvalue weighted by Crippen LogP contribution is -2.19. The van der Waals surface area contributed by atoms with Gasteiger partial charge in [-0.2, -0.15) is 0 Å². The number of anilines is 1. The summed E-state index contributed by atoms with van der Waals surface area (Å²) in [6.45, 7) is 0.985. The number of benzene rings is 1. The topological polar surface area (TPSA) is 24.9 Å². The lowest BCUT2D eigenvalue weighted by molar-refractivity contribution is 0.444. The zero-order chi connectivity index (χ0) is 13.9. The van der Waals surface area contributed by atoms with Crippen LogP contribution in [0.15, 0.2) is 30.5 Å². The van der Waals surface area contributed by atoms with Crippen molar-refractivity contribution in [3.63, 3.8) is 0 Å². The third kappa shape index (κ3) is 2.87. The Morgan fingerprint density at radius 2 is 2.05 bits per heavy atom. The Hall–Kier alpha value is -0.990. The number of aromatic nitrogens is 1. The van der Waals surface area contributed by atoms with Gasteiger partial charge >= 0.3 is 0 Å². The predicted molar refractivity (Wildman–Crippen MR) is 86.8 cm³/mol. The number of rotatable bonds is 4. The number of hydrogen-bond donors (Lipinski definition) is 1. The van der Waals surface area contributed by atoms with E-state index < -0.39 is 0 Å². The highest BCUT2D eigenvalue weighted by Crippen LogP contribution is 2.33. The van der Waals surface area contributed by atoms with Gasteiger partial charge in [0.15, 0.2) is 0 Å². The second-order valence-electron chi connectivity index (χ2n) is 5.51. The SMILES string of the molecule is ClCC1CCCC1CNc1ccnc2cc(Cl)ccc12. The quantitative estimate of drug-likeness (QED) is 0.808. The summed E-state index contributed by atoms with van der Waals surface area (Å²) in [6, 6.07) is 7.87. The van der Waals surface area contributed by atoms with Gasteiger partial charge in [0.2, 0.25) is 0 Å². The molecule has 1 saturated carbocycles. The summed E-state index contributed by atoms with van der Waals surface area (Å²) in [5.74, 6) is 2.12. The van der Waals surface area contributed by atoms with Gasteiger partial charge in [-0.25, -0.2) is 0 Å². The summed E-state index contributed by atoms with van der Waals surface area (Å²) in [7, 11) is 0. The minimum atomic E-state index is 0.659. The van der Waals surface area contributed by atoms with Crippen LogP contribution in [0.1, 0.15) is 19.3 Å². The number of halogens is 2. The molecule has 0 bridgehead atoms. The van der Waals surface area contributed by atoms with E-state index in [1.807, 2.05) is 30.5 Å². The maximum atomic E-state index is 6.04. The largest absolute Gasteiger partial charge is 0.384 e. The average Bonchev–Trinajstić information content (AvgIpc) is 2.92. The monoisotopic (exact) mass is 308 g/mol. The van der Waals surface area contributed by atoms with Crippen LogP contribution in [-0.2, 0) is 0 Å². The normalized spacial score (nSPS) is 22.3. The van der Waals surface area contributed by atoms with E-state index in [1.165, 1.54) is 19.3 Å². The molecule has 2 aromatic rings. The Balaban J connectivity index is 1.77. The minimum absolute atomic E-state index is 0.659. The van der Waals surface area contributed by atoms with Crippen molar-refractivity contribution in [1.82, 2.24) is 4.98 Å². The van der Waals surface area contributed by atoms with E-state index in [9.17, 15) is 0 Å². The summed E-state index contributed by atoms with van der Waals surface area (Å²) in [5, 5.41) is 5.42. The van der Waals surface area contributed by atoms with Gasteiger partial charge in [-0.15, -0.1) is 11.6 Å². The summed E-state index contributed by atoms with van der Waals surface area (Å²) in [6.07, 6.45) is 5.67. The van der Waals surface area contributed by atoms with Gasteiger partial charge in [-0.3, -0.25) is 4.98 Å². The van der Waals surface area contributed by atoms with E-state index >= 15 is 0 Å². The average molecular weight is 309 g/mol. The van der Waals surface area contributed by atoms with E-state index in [4.69, 9.17) is 23.2 Å². The van der Waals surface area contributed by atoms with Crippen LogP contribution in [0.5, 0.6) is 0 Å². The second kappa shape index (κ2) is 6.19. The highest BCUT2D eigenvalue weighted by atomic mass is 35.5. The molecule has 2 atom stereocenters. The molecule has 1 aliphatic rings. The molecule has 0 radical (unpaired) electrons. The first-order valence-electron chi connectivity index (χ1n) is 7.12. The van der Waals surface area contributed by atoms with Gasteiger partial charge < -0.3 is 5.32 Å². The fourth-order valence-corrected chi connectivity index (χ4v) is 3.67. The maximum absolute atomic E-state index is 6.04. The van der Waals surface area contributed by atoms with Crippen molar-refractivity contribution in [3.8, 4) is 0 Å². The van der Waals surface area contributed by atoms with E-state index in [-0.39, 0.29) is 0 Å². The molecular formula is C16H18Cl2N2. The van der Waals surface area contributed by atoms with Crippen LogP contribution in [0.2, 0.25) is 5.02 Å². The van der Waals surface area contributed by atoms with Crippen molar-refractivity contribution < 1.29 is 0 Å². The molecule has 4 heteroatoms. The lowest BCUT2D eigenvalue weighted by Gasteiger charge is -2.19. The number of fused-ring (bicyclic) bond motifs is 1. The highest BCUT2D eigenvalue weighted by Gasteiger charge is 2.26. The van der Waals surface area contributed by atoms with Crippen molar-refractivity contribution in [2.75, 3.05) is 17.7 Å². The van der Waals surface area contributed by atoms with Gasteiger partial charge in [0.1, 0.15) is 0 Å². The molecular weight excluding hydrogens is 291 g/mol. The molecule has 0 aliphatic heterocycles. The van der Waals surface area contributed by atoms with Crippen LogP contribution in [0.3, 0.4) is 0 Å². The maximum Gasteiger partial charge on any atom is 0.0737 e. The summed E-state index contributed by atoms with van der Waals surface area (Å²) >= 11 is 12.1. The van der Waals surface area contributed by atoms with E-state index in [2.05, 4.69) is 10.3 Å². The lowest BCUT2D eigenvalue weighted by atomic mass is 9.98. The molecule has 3 rings (SSSR count). The highest BCUT2D eigenvalue weighted by molar-refractivity contribution is 6.31. The molecule has 2 nitrogen and oxygen atoms in total. The van der Waals surface area contributed by atoms with Crippen LogP contribution < -0.4 is 5.32 Å². The Labute approximate surface area is 129 Å². The first-order valence-corrected chi connectivity index (χ1v) is 8.03. The number of nitrogens with one attached hydrogen (secondary N) is 1. The van der Waals surface area contributed by atoms with Gasteiger partial charge in [0.05, 0.1) is 5.52 Å². The summed E-state index contributed by atoms with van der Waals surface area (Å²) in [5.41, 5.74) is 2.06. The van der Waals surface area contributed by atoms with E-state index in [0.29, 0.717) is 11.8 Å². The molecule has 1 fully saturated rings. The standard InChI is InChI=1S/C16H18Cl2N2/c17-9-11-2-1-3-12(11)10-20-15-6-7-19-16-8-13(18)4-5-14(15)16/h4-8,11-12H,1-3,9-10H2,(H,19,20). The molecule has 0 spiro atoms. The Bertz CT molecular complexity index is 600. The first kappa shape index (κ1) is 14.0. The third-order valence-corrected chi connectivity index (χ3v) is 4.91. The Morgan fingerprint density at radius 3 is 2.90 bits per heavy atom.